The van der Waals surface area contributed by atoms with Crippen LogP contribution >= 0.6 is 0 Å². The number of nitrogens with one attached hydrogen (secondary N) is 1. The van der Waals surface area contributed by atoms with Gasteiger partial charge in [-0.25, -0.2) is 9.78 Å². The number of hydrogen-bond donors (Lipinski definition) is 1. The van der Waals surface area contributed by atoms with Crippen molar-refractivity contribution in [3.05, 3.63) is 38.7 Å². The number of amides is 1. The number of fused-ring (bicyclic) bond motifs is 1. The van der Waals surface area contributed by atoms with E-state index < -0.39 is 46.8 Å². The van der Waals surface area contributed by atoms with Crippen molar-refractivity contribution in [3.8, 4) is 0 Å². The summed E-state index contributed by atoms with van der Waals surface area (Å²) < 4.78 is 39.8. The van der Waals surface area contributed by atoms with Crippen molar-refractivity contribution in [3.63, 3.8) is 0 Å². The summed E-state index contributed by atoms with van der Waals surface area (Å²) in [6.45, 7) is 4.65. The SMILES string of the molecule is Cn1c(=O)n(CC(=O)NC(C)(C)C)c(=O)c2ccc(C(F)(F)F)nc21. The smallest absolute Gasteiger partial charge is 0.350 e. The molecule has 2 aromatic heterocycles. The molecule has 0 aliphatic heterocycles. The van der Waals surface area contributed by atoms with Gasteiger partial charge in [0, 0.05) is 12.6 Å². The average molecular weight is 358 g/mol. The standard InChI is InChI=1S/C15H17F3N4O3/c1-14(2,3)20-10(23)7-22-12(24)8-5-6-9(15(16,17)18)19-11(8)21(4)13(22)25/h5-6H,7H2,1-4H3,(H,20,23). The summed E-state index contributed by atoms with van der Waals surface area (Å²) in [6, 6.07) is 1.61. The van der Waals surface area contributed by atoms with Crippen LogP contribution in [0.4, 0.5) is 13.2 Å². The summed E-state index contributed by atoms with van der Waals surface area (Å²) in [4.78, 5) is 40.1. The van der Waals surface area contributed by atoms with Gasteiger partial charge in [0.25, 0.3) is 5.56 Å². The lowest BCUT2D eigenvalue weighted by molar-refractivity contribution is -0.141. The molecule has 2 aromatic rings. The van der Waals surface area contributed by atoms with Crippen LogP contribution in [0.25, 0.3) is 11.0 Å². The minimum absolute atomic E-state index is 0.182. The highest BCUT2D eigenvalue weighted by Gasteiger charge is 2.33. The lowest BCUT2D eigenvalue weighted by Gasteiger charge is -2.20. The van der Waals surface area contributed by atoms with E-state index in [2.05, 4.69) is 10.3 Å². The van der Waals surface area contributed by atoms with E-state index in [9.17, 15) is 27.6 Å². The molecule has 0 atom stereocenters. The van der Waals surface area contributed by atoms with Gasteiger partial charge < -0.3 is 5.32 Å². The van der Waals surface area contributed by atoms with Crippen LogP contribution in [0.15, 0.2) is 21.7 Å². The fourth-order valence-corrected chi connectivity index (χ4v) is 2.27. The van der Waals surface area contributed by atoms with Gasteiger partial charge in [-0.1, -0.05) is 0 Å². The van der Waals surface area contributed by atoms with Crippen molar-refractivity contribution in [2.24, 2.45) is 7.05 Å². The number of halogens is 3. The van der Waals surface area contributed by atoms with E-state index in [-0.39, 0.29) is 5.39 Å². The van der Waals surface area contributed by atoms with Gasteiger partial charge in [-0.15, -0.1) is 0 Å². The number of rotatable bonds is 2. The molecule has 0 bridgehead atoms. The van der Waals surface area contributed by atoms with Crippen molar-refractivity contribution in [2.75, 3.05) is 0 Å². The molecule has 0 spiro atoms. The van der Waals surface area contributed by atoms with Gasteiger partial charge >= 0.3 is 11.9 Å². The van der Waals surface area contributed by atoms with Gasteiger partial charge in [0.15, 0.2) is 0 Å². The maximum Gasteiger partial charge on any atom is 0.433 e. The molecule has 0 saturated carbocycles. The van der Waals surface area contributed by atoms with Crippen LogP contribution in [-0.2, 0) is 24.6 Å². The predicted molar refractivity (Wildman–Crippen MR) is 84.1 cm³/mol. The summed E-state index contributed by atoms with van der Waals surface area (Å²) in [7, 11) is 1.19. The highest BCUT2D eigenvalue weighted by molar-refractivity contribution is 5.78. The summed E-state index contributed by atoms with van der Waals surface area (Å²) in [5.74, 6) is -0.564. The predicted octanol–water partition coefficient (Wildman–Crippen LogP) is 1.03. The fraction of sp³-hybridized carbons (Fsp3) is 0.467. The molecule has 0 fully saturated rings. The van der Waals surface area contributed by atoms with E-state index in [1.807, 2.05) is 0 Å². The topological polar surface area (TPSA) is 86.0 Å². The highest BCUT2D eigenvalue weighted by Crippen LogP contribution is 2.28. The second kappa shape index (κ2) is 6.01. The molecule has 7 nitrogen and oxygen atoms in total. The first-order valence-corrected chi connectivity index (χ1v) is 7.30. The molecule has 0 aliphatic rings. The molecule has 0 unspecified atom stereocenters. The zero-order valence-electron chi connectivity index (χ0n) is 14.1. The molecule has 0 radical (unpaired) electrons. The van der Waals surface area contributed by atoms with Crippen molar-refractivity contribution in [1.29, 1.82) is 0 Å². The Labute approximate surface area is 140 Å². The van der Waals surface area contributed by atoms with Crippen molar-refractivity contribution < 1.29 is 18.0 Å². The van der Waals surface area contributed by atoms with E-state index in [0.29, 0.717) is 10.6 Å². The number of aromatic nitrogens is 3. The molecule has 1 amide bonds. The van der Waals surface area contributed by atoms with Crippen molar-refractivity contribution in [2.45, 2.75) is 39.0 Å². The largest absolute Gasteiger partial charge is 0.433 e. The maximum atomic E-state index is 12.8. The summed E-state index contributed by atoms with van der Waals surface area (Å²) >= 11 is 0. The molecule has 2 rings (SSSR count). The van der Waals surface area contributed by atoms with Crippen LogP contribution in [0.2, 0.25) is 0 Å². The first kappa shape index (κ1) is 18.7. The number of carbonyl (C=O) groups is 1. The molecule has 1 N–H and O–H groups in total. The molecule has 0 aromatic carbocycles. The minimum atomic E-state index is -4.70. The zero-order valence-corrected chi connectivity index (χ0v) is 14.1. The quantitative estimate of drug-likeness (QED) is 0.869. The van der Waals surface area contributed by atoms with E-state index in [0.717, 1.165) is 10.6 Å². The molecule has 10 heteroatoms. The Kier molecular flexibility index (Phi) is 4.49. The first-order valence-electron chi connectivity index (χ1n) is 7.30. The summed E-state index contributed by atoms with van der Waals surface area (Å²) in [5.41, 5.74) is -3.96. The molecular weight excluding hydrogens is 341 g/mol. The summed E-state index contributed by atoms with van der Waals surface area (Å²) in [5, 5.41) is 2.43. The van der Waals surface area contributed by atoms with Gasteiger partial charge in [0.05, 0.1) is 5.39 Å². The van der Waals surface area contributed by atoms with Crippen molar-refractivity contribution >= 4 is 16.9 Å². The van der Waals surface area contributed by atoms with Gasteiger partial charge in [-0.05, 0) is 32.9 Å². The molecule has 136 valence electrons. The second-order valence-electron chi connectivity index (χ2n) is 6.60. The van der Waals surface area contributed by atoms with Crippen LogP contribution in [0, 0.1) is 0 Å². The lowest BCUT2D eigenvalue weighted by Crippen LogP contribution is -2.47. The van der Waals surface area contributed by atoms with Gasteiger partial charge in [-0.2, -0.15) is 13.2 Å². The Morgan fingerprint density at radius 1 is 1.20 bits per heavy atom. The van der Waals surface area contributed by atoms with Crippen molar-refractivity contribution in [1.82, 2.24) is 19.4 Å². The van der Waals surface area contributed by atoms with E-state index in [1.165, 1.54) is 7.05 Å². The number of hydrogen-bond acceptors (Lipinski definition) is 4. The minimum Gasteiger partial charge on any atom is -0.350 e. The zero-order chi connectivity index (χ0) is 19.2. The van der Waals surface area contributed by atoms with E-state index >= 15 is 0 Å². The maximum absolute atomic E-state index is 12.8. The molecule has 0 aliphatic carbocycles. The van der Waals surface area contributed by atoms with Crippen LogP contribution in [0.3, 0.4) is 0 Å². The number of carbonyl (C=O) groups excluding carboxylic acids is 1. The fourth-order valence-electron chi connectivity index (χ4n) is 2.27. The highest BCUT2D eigenvalue weighted by atomic mass is 19.4. The van der Waals surface area contributed by atoms with Gasteiger partial charge in [-0.3, -0.25) is 18.7 Å². The molecular formula is C15H17F3N4O3. The molecule has 25 heavy (non-hydrogen) atoms. The third-order valence-corrected chi connectivity index (χ3v) is 3.29. The third-order valence-electron chi connectivity index (χ3n) is 3.29. The Balaban J connectivity index is 2.60. The van der Waals surface area contributed by atoms with E-state index in [4.69, 9.17) is 0 Å². The number of alkyl halides is 3. The number of pyridine rings is 1. The molecule has 0 saturated heterocycles. The Hall–Kier alpha value is -2.65. The summed E-state index contributed by atoms with van der Waals surface area (Å²) in [6.07, 6.45) is -4.70. The molecule has 2 heterocycles. The Morgan fingerprint density at radius 2 is 1.80 bits per heavy atom. The third kappa shape index (κ3) is 3.89. The second-order valence-corrected chi connectivity index (χ2v) is 6.60. The van der Waals surface area contributed by atoms with E-state index in [1.54, 1.807) is 20.8 Å². The van der Waals surface area contributed by atoms with Gasteiger partial charge in [0.1, 0.15) is 17.9 Å². The van der Waals surface area contributed by atoms with Crippen LogP contribution in [-0.4, -0.2) is 25.6 Å². The lowest BCUT2D eigenvalue weighted by atomic mass is 10.1. The number of nitrogens with zero attached hydrogens (tertiary/aromatic N) is 3. The van der Waals surface area contributed by atoms with Crippen LogP contribution in [0.5, 0.6) is 0 Å². The number of aryl methyl sites for hydroxylation is 1. The monoisotopic (exact) mass is 358 g/mol. The van der Waals surface area contributed by atoms with Crippen LogP contribution < -0.4 is 16.6 Å². The Bertz CT molecular complexity index is 952. The first-order chi connectivity index (χ1) is 11.3. The average Bonchev–Trinajstić information content (AvgIpc) is 2.46. The van der Waals surface area contributed by atoms with Crippen LogP contribution in [0.1, 0.15) is 26.5 Å². The Morgan fingerprint density at radius 3 is 2.32 bits per heavy atom. The normalized spacial score (nSPS) is 12.4. The van der Waals surface area contributed by atoms with Gasteiger partial charge in [0.2, 0.25) is 5.91 Å².